The van der Waals surface area contributed by atoms with Gasteiger partial charge in [0, 0.05) is 37.8 Å². The van der Waals surface area contributed by atoms with E-state index in [0.717, 1.165) is 58.0 Å². The predicted octanol–water partition coefficient (Wildman–Crippen LogP) is 7.68. The number of hydrogen-bond donors (Lipinski definition) is 2. The highest BCUT2D eigenvalue weighted by Gasteiger charge is 2.71. The number of fused-ring (bicyclic) bond motifs is 7. The predicted molar refractivity (Wildman–Crippen MR) is 192 cm³/mol. The lowest BCUT2D eigenvalue weighted by atomic mass is 9.32. The summed E-state index contributed by atoms with van der Waals surface area (Å²) < 4.78 is 6.18. The van der Waals surface area contributed by atoms with E-state index in [1.807, 2.05) is 0 Å². The molecule has 49 heavy (non-hydrogen) atoms. The van der Waals surface area contributed by atoms with Crippen LogP contribution in [0.4, 0.5) is 0 Å². The molecule has 0 aromatic heterocycles. The molecule has 1 aliphatic heterocycles. The summed E-state index contributed by atoms with van der Waals surface area (Å²) in [5.41, 5.74) is 4.93. The van der Waals surface area contributed by atoms with Crippen LogP contribution in [0.25, 0.3) is 0 Å². The van der Waals surface area contributed by atoms with E-state index >= 15 is 0 Å². The first-order chi connectivity index (χ1) is 22.7. The van der Waals surface area contributed by atoms with Crippen LogP contribution in [0.3, 0.4) is 0 Å². The normalized spacial score (nSPS) is 43.4. The Bertz CT molecular complexity index is 1350. The van der Waals surface area contributed by atoms with Crippen molar-refractivity contribution in [2.45, 2.75) is 157 Å². The van der Waals surface area contributed by atoms with Crippen molar-refractivity contribution in [3.63, 3.8) is 0 Å². The first-order valence-electron chi connectivity index (χ1n) is 19.9. The van der Waals surface area contributed by atoms with Crippen LogP contribution < -0.4 is 5.73 Å². The van der Waals surface area contributed by atoms with Gasteiger partial charge >= 0.3 is 11.9 Å². The molecule has 1 heterocycles. The Balaban J connectivity index is 1.24. The van der Waals surface area contributed by atoms with E-state index in [4.69, 9.17) is 4.74 Å². The smallest absolute Gasteiger partial charge is 0.309 e. The average molecular weight is 682 g/mol. The van der Waals surface area contributed by atoms with Gasteiger partial charge in [-0.3, -0.25) is 14.4 Å². The van der Waals surface area contributed by atoms with Gasteiger partial charge in [0.15, 0.2) is 0 Å². The number of hydrogen-bond acceptors (Lipinski definition) is 4. The Morgan fingerprint density at radius 2 is 1.53 bits per heavy atom. The third-order valence-corrected chi connectivity index (χ3v) is 17.1. The monoisotopic (exact) mass is 682 g/mol. The molecule has 0 bridgehead atoms. The highest BCUT2D eigenvalue weighted by molar-refractivity contribution is 5.81. The third-order valence-electron chi connectivity index (χ3n) is 17.1. The van der Waals surface area contributed by atoms with Crippen molar-refractivity contribution in [1.29, 1.82) is 0 Å². The zero-order valence-corrected chi connectivity index (χ0v) is 32.3. The Labute approximate surface area is 296 Å². The molecule has 0 radical (unpaired) electrons. The van der Waals surface area contributed by atoms with Gasteiger partial charge in [-0.05, 0) is 136 Å². The molecule has 10 unspecified atom stereocenters. The number of allylic oxidation sites excluding steroid dienone is 1. The number of quaternary nitrogens is 1. The number of aliphatic carboxylic acids is 1. The van der Waals surface area contributed by atoms with Crippen LogP contribution in [0, 0.1) is 62.1 Å². The Morgan fingerprint density at radius 1 is 0.857 bits per heavy atom. The van der Waals surface area contributed by atoms with E-state index in [2.05, 4.69) is 58.8 Å². The highest BCUT2D eigenvalue weighted by Crippen LogP contribution is 2.78. The van der Waals surface area contributed by atoms with Crippen molar-refractivity contribution in [3.8, 4) is 0 Å². The third kappa shape index (κ3) is 5.73. The maximum absolute atomic E-state index is 14.0. The molecule has 0 aromatic rings. The summed E-state index contributed by atoms with van der Waals surface area (Å²) in [4.78, 5) is 41.0. The highest BCUT2D eigenvalue weighted by atomic mass is 16.5. The first kappa shape index (κ1) is 36.9. The maximum Gasteiger partial charge on any atom is 0.309 e. The van der Waals surface area contributed by atoms with Crippen LogP contribution in [-0.4, -0.2) is 53.1 Å². The molecule has 6 fully saturated rings. The second kappa shape index (κ2) is 12.4. The number of rotatable bonds is 7. The summed E-state index contributed by atoms with van der Waals surface area (Å²) in [5, 5.41) is 9.60. The molecule has 7 heteroatoms. The first-order valence-corrected chi connectivity index (χ1v) is 19.9. The van der Waals surface area contributed by atoms with E-state index in [0.29, 0.717) is 48.0 Å². The fourth-order valence-corrected chi connectivity index (χ4v) is 14.0. The van der Waals surface area contributed by atoms with E-state index in [1.54, 1.807) is 13.8 Å². The second-order valence-corrected chi connectivity index (χ2v) is 20.3. The molecule has 1 amide bonds. The zero-order chi connectivity index (χ0) is 35.9. The van der Waals surface area contributed by atoms with Gasteiger partial charge in [0.05, 0.1) is 17.9 Å². The van der Waals surface area contributed by atoms with Gasteiger partial charge < -0.3 is 20.5 Å². The quantitative estimate of drug-likeness (QED) is 0.212. The molecular formula is C42H69N2O5+. The van der Waals surface area contributed by atoms with E-state index < -0.39 is 11.4 Å². The van der Waals surface area contributed by atoms with Gasteiger partial charge in [-0.25, -0.2) is 0 Å². The van der Waals surface area contributed by atoms with E-state index in [-0.39, 0.29) is 45.6 Å². The van der Waals surface area contributed by atoms with Gasteiger partial charge in [-0.15, -0.1) is 0 Å². The van der Waals surface area contributed by atoms with Crippen molar-refractivity contribution in [2.75, 3.05) is 13.1 Å². The maximum atomic E-state index is 14.0. The van der Waals surface area contributed by atoms with Gasteiger partial charge in [0.1, 0.15) is 6.10 Å². The molecule has 276 valence electrons. The van der Waals surface area contributed by atoms with Crippen molar-refractivity contribution in [3.05, 3.63) is 12.2 Å². The van der Waals surface area contributed by atoms with Gasteiger partial charge in [0.25, 0.3) is 0 Å². The summed E-state index contributed by atoms with van der Waals surface area (Å²) in [6.45, 7) is 24.3. The molecule has 1 saturated heterocycles. The number of esters is 1. The lowest BCUT2D eigenvalue weighted by Gasteiger charge is -2.73. The summed E-state index contributed by atoms with van der Waals surface area (Å²) in [7, 11) is 0. The van der Waals surface area contributed by atoms with Gasteiger partial charge in [-0.2, -0.15) is 0 Å². The fourth-order valence-electron chi connectivity index (χ4n) is 14.0. The minimum atomic E-state index is -1.14. The molecule has 0 spiro atoms. The minimum absolute atomic E-state index is 0.0929. The Kier molecular flexibility index (Phi) is 9.31. The summed E-state index contributed by atoms with van der Waals surface area (Å²) in [5.74, 6) is 1.72. The molecule has 0 aromatic carbocycles. The molecule has 5 saturated carbocycles. The van der Waals surface area contributed by atoms with Crippen LogP contribution in [0.5, 0.6) is 0 Å². The lowest BCUT2D eigenvalue weighted by molar-refractivity contribution is -0.425. The number of carboxylic acids is 1. The number of nitrogens with zero attached hydrogens (tertiary/aromatic N) is 1. The molecular weight excluding hydrogens is 612 g/mol. The Hall–Kier alpha value is -1.89. The number of ether oxygens (including phenoxy) is 1. The number of carboxylic acid groups (broad SMARTS) is 1. The topological polar surface area (TPSA) is 112 Å². The minimum Gasteiger partial charge on any atom is -0.481 e. The van der Waals surface area contributed by atoms with Crippen molar-refractivity contribution in [1.82, 2.24) is 4.90 Å². The van der Waals surface area contributed by atoms with Crippen LogP contribution >= 0.6 is 0 Å². The average Bonchev–Trinajstić information content (AvgIpc) is 3.38. The van der Waals surface area contributed by atoms with E-state index in [9.17, 15) is 19.5 Å². The van der Waals surface area contributed by atoms with Crippen molar-refractivity contribution in [2.24, 2.45) is 62.1 Å². The number of amides is 1. The van der Waals surface area contributed by atoms with Crippen molar-refractivity contribution >= 4 is 17.8 Å². The second-order valence-electron chi connectivity index (χ2n) is 20.3. The number of likely N-dealkylation sites (tertiary alicyclic amines) is 1. The number of carbonyl (C=O) groups is 3. The molecule has 6 rings (SSSR count). The molecule has 4 N–H and O–H groups in total. The standard InChI is InChI=1S/C42H68N2O5/c1-26(2)28-12-19-42(24-33(45)44-22-15-27(43)16-23-44)21-20-40(8)29(35(28)42)10-11-31-39(7)17-14-32(49-34(46)25-37(3,4)36(47)48)38(5,6)30(39)13-18-41(31,40)9/h27-32,35H,1,10-25,43H2,2-9H3,(H,47,48)/p+1. The van der Waals surface area contributed by atoms with Crippen molar-refractivity contribution < 1.29 is 30.0 Å². The van der Waals surface area contributed by atoms with Crippen LogP contribution in [-0.2, 0) is 19.1 Å². The molecule has 7 nitrogen and oxygen atoms in total. The molecule has 6 aliphatic rings. The number of piperidine rings is 1. The lowest BCUT2D eigenvalue weighted by Crippen LogP contribution is -2.67. The van der Waals surface area contributed by atoms with Crippen LogP contribution in [0.15, 0.2) is 12.2 Å². The van der Waals surface area contributed by atoms with Gasteiger partial charge in [0.2, 0.25) is 5.91 Å². The molecule has 5 aliphatic carbocycles. The van der Waals surface area contributed by atoms with E-state index in [1.165, 1.54) is 37.7 Å². The summed E-state index contributed by atoms with van der Waals surface area (Å²) >= 11 is 0. The van der Waals surface area contributed by atoms with Crippen LogP contribution in [0.2, 0.25) is 0 Å². The fraction of sp³-hybridized carbons (Fsp3) is 0.881. The summed E-state index contributed by atoms with van der Waals surface area (Å²) in [6.07, 6.45) is 13.9. The summed E-state index contributed by atoms with van der Waals surface area (Å²) in [6, 6.07) is 0.476. The number of carbonyl (C=O) groups excluding carboxylic acids is 2. The Morgan fingerprint density at radius 3 is 2.16 bits per heavy atom. The zero-order valence-electron chi connectivity index (χ0n) is 32.3. The SMILES string of the molecule is C=C(C)C1CCC2(CC(=O)N3CCC([NH3+])CC3)CCC3(C)C(CCC4C5(C)CCC(OC(=O)CC(C)(C)C(=O)O)C(C)(C)C5CCC43C)C12. The van der Waals surface area contributed by atoms with Crippen LogP contribution in [0.1, 0.15) is 145 Å². The largest absolute Gasteiger partial charge is 0.481 e. The van der Waals surface area contributed by atoms with Gasteiger partial charge in [-0.1, -0.05) is 46.8 Å². The molecule has 10 atom stereocenters.